The predicted octanol–water partition coefficient (Wildman–Crippen LogP) is 1.79. The molecule has 1 amide bonds. The van der Waals surface area contributed by atoms with Gasteiger partial charge in [0.1, 0.15) is 0 Å². The minimum atomic E-state index is -1.29. The van der Waals surface area contributed by atoms with Gasteiger partial charge in [0.25, 0.3) is 0 Å². The van der Waals surface area contributed by atoms with Crippen LogP contribution in [-0.4, -0.2) is 27.5 Å². The summed E-state index contributed by atoms with van der Waals surface area (Å²) in [6, 6.07) is -0.299. The SMILES string of the molecule is CC[C@H](C(C)C)N(O)C(=O)O. The molecule has 11 heavy (non-hydrogen) atoms. The average Bonchev–Trinajstić information content (AvgIpc) is 1.88. The molecule has 0 saturated heterocycles. The van der Waals surface area contributed by atoms with Crippen LogP contribution in [0.5, 0.6) is 0 Å². The van der Waals surface area contributed by atoms with Crippen LogP contribution in [0.2, 0.25) is 0 Å². The number of hydroxylamine groups is 2. The Morgan fingerprint density at radius 2 is 2.00 bits per heavy atom. The van der Waals surface area contributed by atoms with E-state index in [1.54, 1.807) is 0 Å². The Hall–Kier alpha value is -0.770. The first-order chi connectivity index (χ1) is 5.00. The zero-order valence-corrected chi connectivity index (χ0v) is 7.11. The molecule has 0 aliphatic carbocycles. The smallest absolute Gasteiger partial charge is 0.431 e. The Morgan fingerprint density at radius 1 is 1.55 bits per heavy atom. The van der Waals surface area contributed by atoms with E-state index in [2.05, 4.69) is 0 Å². The molecule has 0 aromatic rings. The number of hydrogen-bond donors (Lipinski definition) is 2. The van der Waals surface area contributed by atoms with Crippen LogP contribution in [-0.2, 0) is 0 Å². The molecule has 0 saturated carbocycles. The van der Waals surface area contributed by atoms with Crippen molar-refractivity contribution < 1.29 is 15.1 Å². The molecular weight excluding hydrogens is 146 g/mol. The molecule has 0 radical (unpaired) electrons. The van der Waals surface area contributed by atoms with E-state index in [-0.39, 0.29) is 12.0 Å². The molecule has 0 unspecified atom stereocenters. The summed E-state index contributed by atoms with van der Waals surface area (Å²) in [5.74, 6) is 0.140. The summed E-state index contributed by atoms with van der Waals surface area (Å²) in [6.07, 6.45) is -0.661. The minimum absolute atomic E-state index is 0.140. The van der Waals surface area contributed by atoms with Gasteiger partial charge >= 0.3 is 6.09 Å². The lowest BCUT2D eigenvalue weighted by molar-refractivity contribution is -0.108. The van der Waals surface area contributed by atoms with E-state index in [1.165, 1.54) is 0 Å². The molecule has 2 N–H and O–H groups in total. The molecule has 1 atom stereocenters. The third-order valence-electron chi connectivity index (χ3n) is 1.70. The van der Waals surface area contributed by atoms with E-state index < -0.39 is 6.09 Å². The maximum absolute atomic E-state index is 10.3. The van der Waals surface area contributed by atoms with Crippen molar-refractivity contribution in [3.8, 4) is 0 Å². The van der Waals surface area contributed by atoms with E-state index in [4.69, 9.17) is 10.3 Å². The Kier molecular flexibility index (Phi) is 3.89. The molecule has 0 heterocycles. The van der Waals surface area contributed by atoms with Gasteiger partial charge in [-0.2, -0.15) is 5.06 Å². The van der Waals surface area contributed by atoms with Crippen molar-refractivity contribution in [3.63, 3.8) is 0 Å². The highest BCUT2D eigenvalue weighted by molar-refractivity contribution is 5.63. The van der Waals surface area contributed by atoms with Crippen molar-refractivity contribution in [1.29, 1.82) is 0 Å². The molecule has 66 valence electrons. The van der Waals surface area contributed by atoms with Gasteiger partial charge in [-0.3, -0.25) is 5.21 Å². The maximum Gasteiger partial charge on any atom is 0.431 e. The van der Waals surface area contributed by atoms with E-state index >= 15 is 0 Å². The fraction of sp³-hybridized carbons (Fsp3) is 0.857. The zero-order chi connectivity index (χ0) is 9.02. The Labute approximate surface area is 66.4 Å². The number of amides is 1. The van der Waals surface area contributed by atoms with Crippen LogP contribution in [0.4, 0.5) is 4.79 Å². The van der Waals surface area contributed by atoms with Crippen LogP contribution in [0.3, 0.4) is 0 Å². The van der Waals surface area contributed by atoms with Crippen molar-refractivity contribution in [2.75, 3.05) is 0 Å². The van der Waals surface area contributed by atoms with Gasteiger partial charge in [-0.1, -0.05) is 20.8 Å². The number of carbonyl (C=O) groups is 1. The van der Waals surface area contributed by atoms with Crippen molar-refractivity contribution in [1.82, 2.24) is 5.06 Å². The fourth-order valence-electron chi connectivity index (χ4n) is 1.07. The van der Waals surface area contributed by atoms with Gasteiger partial charge in [-0.05, 0) is 12.3 Å². The van der Waals surface area contributed by atoms with Crippen LogP contribution in [0, 0.1) is 5.92 Å². The van der Waals surface area contributed by atoms with Crippen molar-refractivity contribution >= 4 is 6.09 Å². The lowest BCUT2D eigenvalue weighted by atomic mass is 10.0. The topological polar surface area (TPSA) is 60.8 Å². The third-order valence-corrected chi connectivity index (χ3v) is 1.70. The highest BCUT2D eigenvalue weighted by atomic mass is 16.6. The van der Waals surface area contributed by atoms with Gasteiger partial charge in [0, 0.05) is 0 Å². The molecule has 0 fully saturated rings. The first kappa shape index (κ1) is 10.2. The summed E-state index contributed by atoms with van der Waals surface area (Å²) in [5, 5.41) is 17.8. The second-order valence-electron chi connectivity index (χ2n) is 2.85. The molecule has 0 spiro atoms. The monoisotopic (exact) mass is 161 g/mol. The van der Waals surface area contributed by atoms with Crippen LogP contribution < -0.4 is 0 Å². The van der Waals surface area contributed by atoms with Crippen LogP contribution in [0.15, 0.2) is 0 Å². The molecule has 0 aliphatic rings. The quantitative estimate of drug-likeness (QED) is 0.490. The molecule has 0 bridgehead atoms. The first-order valence-electron chi connectivity index (χ1n) is 3.71. The summed E-state index contributed by atoms with van der Waals surface area (Å²) in [6.45, 7) is 5.59. The highest BCUT2D eigenvalue weighted by Gasteiger charge is 2.22. The normalized spacial score (nSPS) is 13.2. The average molecular weight is 161 g/mol. The molecule has 0 aromatic heterocycles. The number of nitrogens with zero attached hydrogens (tertiary/aromatic N) is 1. The van der Waals surface area contributed by atoms with Gasteiger partial charge in [0.15, 0.2) is 0 Å². The molecule has 4 nitrogen and oxygen atoms in total. The van der Waals surface area contributed by atoms with Crippen molar-refractivity contribution in [2.24, 2.45) is 5.92 Å². The Balaban J connectivity index is 4.13. The van der Waals surface area contributed by atoms with Gasteiger partial charge in [-0.15, -0.1) is 0 Å². The van der Waals surface area contributed by atoms with Crippen LogP contribution in [0.25, 0.3) is 0 Å². The first-order valence-corrected chi connectivity index (χ1v) is 3.71. The second-order valence-corrected chi connectivity index (χ2v) is 2.85. The lowest BCUT2D eigenvalue weighted by Gasteiger charge is -2.25. The van der Waals surface area contributed by atoms with E-state index in [0.717, 1.165) is 0 Å². The molecule has 0 aliphatic heterocycles. The van der Waals surface area contributed by atoms with Crippen LogP contribution >= 0.6 is 0 Å². The molecule has 0 rings (SSSR count). The van der Waals surface area contributed by atoms with E-state index in [9.17, 15) is 4.79 Å². The van der Waals surface area contributed by atoms with Crippen molar-refractivity contribution in [3.05, 3.63) is 0 Å². The highest BCUT2D eigenvalue weighted by Crippen LogP contribution is 2.11. The summed E-state index contributed by atoms with van der Waals surface area (Å²) in [4.78, 5) is 10.3. The summed E-state index contributed by atoms with van der Waals surface area (Å²) in [7, 11) is 0. The lowest BCUT2D eigenvalue weighted by Crippen LogP contribution is -2.39. The maximum atomic E-state index is 10.3. The summed E-state index contributed by atoms with van der Waals surface area (Å²) in [5.41, 5.74) is 0. The third kappa shape index (κ3) is 2.76. The number of hydrogen-bond acceptors (Lipinski definition) is 2. The predicted molar refractivity (Wildman–Crippen MR) is 40.6 cm³/mol. The van der Waals surface area contributed by atoms with E-state index in [1.807, 2.05) is 20.8 Å². The summed E-state index contributed by atoms with van der Waals surface area (Å²) >= 11 is 0. The number of carboxylic acid groups (broad SMARTS) is 1. The Morgan fingerprint density at radius 3 is 2.09 bits per heavy atom. The fourth-order valence-corrected chi connectivity index (χ4v) is 1.07. The molecular formula is C7H15NO3. The van der Waals surface area contributed by atoms with Crippen LogP contribution in [0.1, 0.15) is 27.2 Å². The van der Waals surface area contributed by atoms with Gasteiger partial charge < -0.3 is 5.11 Å². The van der Waals surface area contributed by atoms with Gasteiger partial charge in [-0.25, -0.2) is 4.79 Å². The van der Waals surface area contributed by atoms with Gasteiger partial charge in [0.2, 0.25) is 0 Å². The molecule has 0 aromatic carbocycles. The standard InChI is InChI=1S/C7H15NO3/c1-4-6(5(2)3)8(11)7(9)10/h5-6,11H,4H2,1-3H3,(H,9,10)/t6-/m1/s1. The summed E-state index contributed by atoms with van der Waals surface area (Å²) < 4.78 is 0. The number of rotatable bonds is 3. The second kappa shape index (κ2) is 4.18. The zero-order valence-electron chi connectivity index (χ0n) is 7.11. The molecule has 4 heteroatoms. The largest absolute Gasteiger partial charge is 0.463 e. The minimum Gasteiger partial charge on any atom is -0.463 e. The Bertz CT molecular complexity index is 136. The van der Waals surface area contributed by atoms with E-state index in [0.29, 0.717) is 11.5 Å². The van der Waals surface area contributed by atoms with Crippen molar-refractivity contribution in [2.45, 2.75) is 33.2 Å². The van der Waals surface area contributed by atoms with Gasteiger partial charge in [0.05, 0.1) is 6.04 Å².